The second-order valence-electron chi connectivity index (χ2n) is 5.88. The molecule has 8 heteroatoms. The van der Waals surface area contributed by atoms with Gasteiger partial charge in [-0.1, -0.05) is 11.6 Å². The molecule has 0 bridgehead atoms. The lowest BCUT2D eigenvalue weighted by molar-refractivity contribution is -0.113. The molecule has 0 fully saturated rings. The van der Waals surface area contributed by atoms with Crippen LogP contribution in [0.3, 0.4) is 0 Å². The number of methoxy groups -OCH3 is 1. The van der Waals surface area contributed by atoms with Gasteiger partial charge in [0.2, 0.25) is 5.91 Å². The first-order valence-electron chi connectivity index (χ1n) is 7.39. The first-order valence-corrected chi connectivity index (χ1v) is 8.92. The van der Waals surface area contributed by atoms with Gasteiger partial charge >= 0.3 is 6.09 Å². The van der Waals surface area contributed by atoms with E-state index < -0.39 is 11.7 Å². The fourth-order valence-electron chi connectivity index (χ4n) is 1.65. The molecule has 0 saturated heterocycles. The van der Waals surface area contributed by atoms with E-state index in [4.69, 9.17) is 21.1 Å². The lowest BCUT2D eigenvalue weighted by atomic mass is 10.2. The third-order valence-corrected chi connectivity index (χ3v) is 3.84. The summed E-state index contributed by atoms with van der Waals surface area (Å²) in [6.45, 7) is 5.84. The maximum atomic E-state index is 11.8. The first kappa shape index (κ1) is 20.4. The standard InChI is InChI=1S/C16H23ClN2O4S/c1-16(2,3)23-15(21)18-7-8-24-10-14(20)19-11-5-6-13(22-4)12(17)9-11/h5-6,9H,7-8,10H2,1-4H3,(H,18,21)(H,19,20). The Labute approximate surface area is 151 Å². The molecule has 6 nitrogen and oxygen atoms in total. The summed E-state index contributed by atoms with van der Waals surface area (Å²) in [5.74, 6) is 1.30. The summed E-state index contributed by atoms with van der Waals surface area (Å²) in [6, 6.07) is 5.04. The zero-order chi connectivity index (χ0) is 18.2. The van der Waals surface area contributed by atoms with E-state index in [1.807, 2.05) is 0 Å². The number of hydrogen-bond acceptors (Lipinski definition) is 5. The number of rotatable bonds is 7. The average molecular weight is 375 g/mol. The highest BCUT2D eigenvalue weighted by atomic mass is 35.5. The van der Waals surface area contributed by atoms with E-state index >= 15 is 0 Å². The molecule has 0 spiro atoms. The number of alkyl carbamates (subject to hydrolysis) is 1. The van der Waals surface area contributed by atoms with Gasteiger partial charge in [0.15, 0.2) is 0 Å². The van der Waals surface area contributed by atoms with Crippen molar-refractivity contribution in [1.29, 1.82) is 0 Å². The lowest BCUT2D eigenvalue weighted by Crippen LogP contribution is -2.33. The summed E-state index contributed by atoms with van der Waals surface area (Å²) < 4.78 is 10.2. The third-order valence-electron chi connectivity index (χ3n) is 2.58. The number of benzene rings is 1. The summed E-state index contributed by atoms with van der Waals surface area (Å²) >= 11 is 7.41. The van der Waals surface area contributed by atoms with Gasteiger partial charge in [0.1, 0.15) is 11.4 Å². The highest BCUT2D eigenvalue weighted by molar-refractivity contribution is 7.99. The van der Waals surface area contributed by atoms with Gasteiger partial charge in [0, 0.05) is 18.0 Å². The Bertz CT molecular complexity index is 576. The maximum absolute atomic E-state index is 11.8. The van der Waals surface area contributed by atoms with Crippen LogP contribution in [0.25, 0.3) is 0 Å². The van der Waals surface area contributed by atoms with Crippen LogP contribution in [-0.2, 0) is 9.53 Å². The summed E-state index contributed by atoms with van der Waals surface area (Å²) in [6.07, 6.45) is -0.458. The maximum Gasteiger partial charge on any atom is 0.407 e. The van der Waals surface area contributed by atoms with Crippen molar-refractivity contribution in [1.82, 2.24) is 5.32 Å². The largest absolute Gasteiger partial charge is 0.495 e. The van der Waals surface area contributed by atoms with Crippen LogP contribution in [0.5, 0.6) is 5.75 Å². The van der Waals surface area contributed by atoms with Crippen LogP contribution in [0.2, 0.25) is 5.02 Å². The fraction of sp³-hybridized carbons (Fsp3) is 0.500. The van der Waals surface area contributed by atoms with Gasteiger partial charge in [0.05, 0.1) is 17.9 Å². The Morgan fingerprint density at radius 2 is 2.00 bits per heavy atom. The molecule has 0 saturated carbocycles. The number of amides is 2. The van der Waals surface area contributed by atoms with E-state index in [9.17, 15) is 9.59 Å². The number of carbonyl (C=O) groups is 2. The predicted octanol–water partition coefficient (Wildman–Crippen LogP) is 3.55. The Balaban J connectivity index is 2.23. The molecule has 24 heavy (non-hydrogen) atoms. The lowest BCUT2D eigenvalue weighted by Gasteiger charge is -2.19. The average Bonchev–Trinajstić information content (AvgIpc) is 2.45. The highest BCUT2D eigenvalue weighted by Gasteiger charge is 2.15. The number of carbonyl (C=O) groups excluding carboxylic acids is 2. The molecule has 0 unspecified atom stereocenters. The van der Waals surface area contributed by atoms with Gasteiger partial charge in [-0.3, -0.25) is 4.79 Å². The topological polar surface area (TPSA) is 76.7 Å². The highest BCUT2D eigenvalue weighted by Crippen LogP contribution is 2.27. The van der Waals surface area contributed by atoms with Crippen molar-refractivity contribution in [3.63, 3.8) is 0 Å². The summed E-state index contributed by atoms with van der Waals surface area (Å²) in [7, 11) is 1.53. The summed E-state index contributed by atoms with van der Waals surface area (Å²) in [5, 5.41) is 5.83. The molecule has 2 amide bonds. The van der Waals surface area contributed by atoms with Crippen LogP contribution >= 0.6 is 23.4 Å². The number of halogens is 1. The van der Waals surface area contributed by atoms with E-state index in [0.717, 1.165) is 0 Å². The van der Waals surface area contributed by atoms with E-state index in [1.165, 1.54) is 18.9 Å². The Morgan fingerprint density at radius 1 is 1.29 bits per heavy atom. The molecule has 0 aliphatic heterocycles. The molecule has 0 radical (unpaired) electrons. The zero-order valence-electron chi connectivity index (χ0n) is 14.3. The normalized spacial score (nSPS) is 10.9. The van der Waals surface area contributed by atoms with Crippen LogP contribution in [-0.4, -0.2) is 42.8 Å². The van der Waals surface area contributed by atoms with Crippen molar-refractivity contribution in [3.05, 3.63) is 23.2 Å². The SMILES string of the molecule is COc1ccc(NC(=O)CSCCNC(=O)OC(C)(C)C)cc1Cl. The van der Waals surface area contributed by atoms with Gasteiger partial charge < -0.3 is 20.1 Å². The van der Waals surface area contributed by atoms with Crippen molar-refractivity contribution in [2.24, 2.45) is 0 Å². The van der Waals surface area contributed by atoms with Crippen molar-refractivity contribution in [3.8, 4) is 5.75 Å². The van der Waals surface area contributed by atoms with E-state index in [1.54, 1.807) is 39.0 Å². The molecular weight excluding hydrogens is 352 g/mol. The molecule has 0 heterocycles. The molecule has 134 valence electrons. The van der Waals surface area contributed by atoms with Gasteiger partial charge in [-0.2, -0.15) is 11.8 Å². The molecule has 1 aromatic rings. The van der Waals surface area contributed by atoms with E-state index in [-0.39, 0.29) is 11.7 Å². The van der Waals surface area contributed by atoms with Gasteiger partial charge in [0.25, 0.3) is 0 Å². The second kappa shape index (κ2) is 9.64. The molecule has 2 N–H and O–H groups in total. The molecule has 0 aromatic heterocycles. The van der Waals surface area contributed by atoms with Crippen molar-refractivity contribution in [2.45, 2.75) is 26.4 Å². The summed E-state index contributed by atoms with van der Waals surface area (Å²) in [5.41, 5.74) is 0.0924. The number of ether oxygens (including phenoxy) is 2. The van der Waals surface area contributed by atoms with Crippen LogP contribution < -0.4 is 15.4 Å². The summed E-state index contributed by atoms with van der Waals surface area (Å²) in [4.78, 5) is 23.3. The molecule has 0 aliphatic carbocycles. The van der Waals surface area contributed by atoms with E-state index in [0.29, 0.717) is 28.8 Å². The first-order chi connectivity index (χ1) is 11.2. The number of anilines is 1. The fourth-order valence-corrected chi connectivity index (χ4v) is 2.55. The zero-order valence-corrected chi connectivity index (χ0v) is 15.8. The minimum atomic E-state index is -0.517. The van der Waals surface area contributed by atoms with Crippen LogP contribution in [0.4, 0.5) is 10.5 Å². The molecule has 1 aromatic carbocycles. The van der Waals surface area contributed by atoms with Crippen molar-refractivity contribution >= 4 is 41.1 Å². The van der Waals surface area contributed by atoms with Crippen LogP contribution in [0.1, 0.15) is 20.8 Å². The Hall–Kier alpha value is -1.60. The van der Waals surface area contributed by atoms with Crippen LogP contribution in [0.15, 0.2) is 18.2 Å². The second-order valence-corrected chi connectivity index (χ2v) is 7.39. The van der Waals surface area contributed by atoms with Crippen molar-refractivity contribution < 1.29 is 19.1 Å². The predicted molar refractivity (Wildman–Crippen MR) is 98.2 cm³/mol. The molecular formula is C16H23ClN2O4S. The minimum absolute atomic E-state index is 0.140. The molecule has 1 rings (SSSR count). The van der Waals surface area contributed by atoms with Crippen molar-refractivity contribution in [2.75, 3.05) is 30.5 Å². The molecule has 0 atom stereocenters. The Morgan fingerprint density at radius 3 is 2.58 bits per heavy atom. The molecule has 0 aliphatic rings. The Kier molecular flexibility index (Phi) is 8.21. The van der Waals surface area contributed by atoms with Crippen LogP contribution in [0, 0.1) is 0 Å². The smallest absolute Gasteiger partial charge is 0.407 e. The number of thioether (sulfide) groups is 1. The third kappa shape index (κ3) is 8.31. The van der Waals surface area contributed by atoms with Gasteiger partial charge in [-0.15, -0.1) is 0 Å². The minimum Gasteiger partial charge on any atom is -0.495 e. The number of hydrogen-bond donors (Lipinski definition) is 2. The van der Waals surface area contributed by atoms with Gasteiger partial charge in [-0.05, 0) is 39.0 Å². The monoisotopic (exact) mass is 374 g/mol. The quantitative estimate of drug-likeness (QED) is 0.714. The van der Waals surface area contributed by atoms with E-state index in [2.05, 4.69) is 10.6 Å². The number of nitrogens with one attached hydrogen (secondary N) is 2. The van der Waals surface area contributed by atoms with Gasteiger partial charge in [-0.25, -0.2) is 4.79 Å².